The Hall–Kier alpha value is -2.02. The summed E-state index contributed by atoms with van der Waals surface area (Å²) in [4.78, 5) is 3.39. The van der Waals surface area contributed by atoms with Crippen molar-refractivity contribution in [1.29, 1.82) is 0 Å². The number of alkyl halides is 6. The third kappa shape index (κ3) is 3.56. The van der Waals surface area contributed by atoms with E-state index < -0.39 is 43.9 Å². The second kappa shape index (κ2) is 5.81. The highest BCUT2D eigenvalue weighted by Gasteiger charge is 2.46. The predicted molar refractivity (Wildman–Crippen MR) is 70.0 cm³/mol. The number of nitrogens with one attached hydrogen (secondary N) is 1. The van der Waals surface area contributed by atoms with Crippen molar-refractivity contribution in [2.45, 2.75) is 11.7 Å². The highest BCUT2D eigenvalue weighted by Crippen LogP contribution is 2.33. The van der Waals surface area contributed by atoms with Crippen molar-refractivity contribution in [2.24, 2.45) is 0 Å². The maximum absolute atomic E-state index is 12.5. The molecule has 132 valence electrons. The number of nitrogens with zero attached hydrogens (tertiary/aromatic N) is 3. The van der Waals surface area contributed by atoms with Gasteiger partial charge in [0.15, 0.2) is 10.8 Å². The van der Waals surface area contributed by atoms with E-state index in [-0.39, 0.29) is 0 Å². The van der Waals surface area contributed by atoms with Crippen molar-refractivity contribution in [3.05, 3.63) is 35.4 Å². The van der Waals surface area contributed by atoms with Crippen LogP contribution in [-0.4, -0.2) is 28.7 Å². The minimum absolute atomic E-state index is 0.474. The molecule has 6 nitrogen and oxygen atoms in total. The maximum Gasteiger partial charge on any atom is 0.516 e. The lowest BCUT2D eigenvalue weighted by Gasteiger charge is -2.14. The molecule has 0 aromatic carbocycles. The van der Waals surface area contributed by atoms with Gasteiger partial charge in [-0.3, -0.25) is 4.72 Å². The average molecular weight is 395 g/mol. The number of hydrogen-bond donors (Lipinski definition) is 1. The zero-order chi connectivity index (χ0) is 18.3. The topological polar surface area (TPSA) is 76.9 Å². The van der Waals surface area contributed by atoms with Crippen molar-refractivity contribution >= 4 is 27.3 Å². The number of hydrogen-bond acceptors (Lipinski definition) is 4. The zero-order valence-electron chi connectivity index (χ0n) is 11.0. The normalized spacial score (nSPS) is 13.1. The number of pyridine rings is 1. The average Bonchev–Trinajstić information content (AvgIpc) is 2.89. The van der Waals surface area contributed by atoms with Crippen LogP contribution in [0.25, 0.3) is 5.69 Å². The Kier molecular flexibility index (Phi) is 4.43. The standard InChI is InChI=1S/C10H5ClF6N4O2S/c11-8-7(20-24(22,23)10(15,16)17)5(1-3-18-8)21-4-2-6(19-21)9(12,13)14/h1-4,20H. The van der Waals surface area contributed by atoms with Crippen LogP contribution in [0.2, 0.25) is 5.15 Å². The van der Waals surface area contributed by atoms with Gasteiger partial charge in [-0.15, -0.1) is 0 Å². The molecule has 0 amide bonds. The third-order valence-electron chi connectivity index (χ3n) is 2.55. The molecule has 0 bridgehead atoms. The SMILES string of the molecule is O=S(=O)(Nc1c(-n2ccc(C(F)(F)F)n2)ccnc1Cl)C(F)(F)F. The lowest BCUT2D eigenvalue weighted by molar-refractivity contribution is -0.141. The van der Waals surface area contributed by atoms with Crippen LogP contribution in [0.4, 0.5) is 32.0 Å². The molecular weight excluding hydrogens is 390 g/mol. The van der Waals surface area contributed by atoms with E-state index in [1.54, 1.807) is 0 Å². The summed E-state index contributed by atoms with van der Waals surface area (Å²) in [6.45, 7) is 0. The third-order valence-corrected chi connectivity index (χ3v) is 3.92. The fourth-order valence-corrected chi connectivity index (χ4v) is 2.36. The minimum Gasteiger partial charge on any atom is -0.271 e. The maximum atomic E-state index is 12.5. The van der Waals surface area contributed by atoms with Gasteiger partial charge in [0, 0.05) is 12.4 Å². The van der Waals surface area contributed by atoms with Gasteiger partial charge in [-0.25, -0.2) is 9.67 Å². The highest BCUT2D eigenvalue weighted by atomic mass is 35.5. The number of rotatable bonds is 3. The quantitative estimate of drug-likeness (QED) is 0.640. The number of aromatic nitrogens is 3. The van der Waals surface area contributed by atoms with Gasteiger partial charge in [0.05, 0.1) is 5.69 Å². The lowest BCUT2D eigenvalue weighted by atomic mass is 10.3. The Morgan fingerprint density at radius 2 is 1.75 bits per heavy atom. The summed E-state index contributed by atoms with van der Waals surface area (Å²) < 4.78 is 99.1. The van der Waals surface area contributed by atoms with Crippen LogP contribution in [-0.2, 0) is 16.2 Å². The van der Waals surface area contributed by atoms with E-state index in [1.807, 2.05) is 0 Å². The van der Waals surface area contributed by atoms with Gasteiger partial charge in [0.2, 0.25) is 0 Å². The van der Waals surface area contributed by atoms with Gasteiger partial charge in [-0.2, -0.15) is 39.9 Å². The second-order valence-corrected chi connectivity index (χ2v) is 6.22. The molecule has 0 spiro atoms. The van der Waals surface area contributed by atoms with E-state index in [0.29, 0.717) is 10.7 Å². The highest BCUT2D eigenvalue weighted by molar-refractivity contribution is 7.93. The molecule has 24 heavy (non-hydrogen) atoms. The van der Waals surface area contributed by atoms with Crippen molar-refractivity contribution < 1.29 is 34.8 Å². The molecule has 2 heterocycles. The molecule has 2 aromatic heterocycles. The molecule has 0 fully saturated rings. The molecular formula is C10H5ClF6N4O2S. The van der Waals surface area contributed by atoms with Crippen LogP contribution in [0.1, 0.15) is 5.69 Å². The first-order chi connectivity index (χ1) is 10.8. The summed E-state index contributed by atoms with van der Waals surface area (Å²) in [5, 5.41) is 2.43. The van der Waals surface area contributed by atoms with Gasteiger partial charge in [-0.1, -0.05) is 11.6 Å². The summed E-state index contributed by atoms with van der Waals surface area (Å²) >= 11 is 5.56. The van der Waals surface area contributed by atoms with Crippen LogP contribution >= 0.6 is 11.6 Å². The fourth-order valence-electron chi connectivity index (χ4n) is 1.51. The molecule has 0 aliphatic heterocycles. The van der Waals surface area contributed by atoms with Gasteiger partial charge < -0.3 is 0 Å². The Balaban J connectivity index is 2.54. The molecule has 0 saturated carbocycles. The van der Waals surface area contributed by atoms with Gasteiger partial charge >= 0.3 is 21.7 Å². The van der Waals surface area contributed by atoms with E-state index in [1.165, 1.54) is 0 Å². The molecule has 2 aromatic rings. The summed E-state index contributed by atoms with van der Waals surface area (Å²) in [5.74, 6) is 0. The first kappa shape index (κ1) is 18.3. The van der Waals surface area contributed by atoms with Crippen molar-refractivity contribution in [2.75, 3.05) is 4.72 Å². The molecule has 0 aliphatic rings. The summed E-state index contributed by atoms with van der Waals surface area (Å²) in [6.07, 6.45) is -3.06. The van der Waals surface area contributed by atoms with E-state index in [2.05, 4.69) is 10.1 Å². The molecule has 2 rings (SSSR count). The molecule has 1 N–H and O–H groups in total. The molecule has 14 heteroatoms. The molecule has 0 radical (unpaired) electrons. The number of anilines is 1. The fraction of sp³-hybridized carbons (Fsp3) is 0.200. The Morgan fingerprint density at radius 3 is 2.25 bits per heavy atom. The lowest BCUT2D eigenvalue weighted by Crippen LogP contribution is -2.30. The predicted octanol–water partition coefficient (Wildman–Crippen LogP) is 3.20. The van der Waals surface area contributed by atoms with E-state index >= 15 is 0 Å². The molecule has 0 aliphatic carbocycles. The summed E-state index contributed by atoms with van der Waals surface area (Å²) in [5.41, 5.74) is -8.34. The number of halogens is 7. The summed E-state index contributed by atoms with van der Waals surface area (Å²) in [6, 6.07) is 1.49. The van der Waals surface area contributed by atoms with Crippen molar-refractivity contribution in [3.63, 3.8) is 0 Å². The van der Waals surface area contributed by atoms with Crippen LogP contribution in [0, 0.1) is 0 Å². The van der Waals surface area contributed by atoms with Crippen molar-refractivity contribution in [3.8, 4) is 5.69 Å². The van der Waals surface area contributed by atoms with Gasteiger partial charge in [0.25, 0.3) is 0 Å². The zero-order valence-corrected chi connectivity index (χ0v) is 12.6. The number of sulfonamides is 1. The largest absolute Gasteiger partial charge is 0.516 e. The van der Waals surface area contributed by atoms with E-state index in [0.717, 1.165) is 23.2 Å². The van der Waals surface area contributed by atoms with Crippen LogP contribution in [0.15, 0.2) is 24.5 Å². The molecule has 0 atom stereocenters. The first-order valence-electron chi connectivity index (χ1n) is 5.70. The van der Waals surface area contributed by atoms with Crippen LogP contribution in [0.3, 0.4) is 0 Å². The first-order valence-corrected chi connectivity index (χ1v) is 7.56. The second-order valence-electron chi connectivity index (χ2n) is 4.19. The van der Waals surface area contributed by atoms with Crippen LogP contribution in [0.5, 0.6) is 0 Å². The molecule has 0 saturated heterocycles. The minimum atomic E-state index is -5.86. The van der Waals surface area contributed by atoms with E-state index in [4.69, 9.17) is 11.6 Å². The molecule has 0 unspecified atom stereocenters. The van der Waals surface area contributed by atoms with Crippen LogP contribution < -0.4 is 4.72 Å². The monoisotopic (exact) mass is 394 g/mol. The Bertz CT molecular complexity index is 861. The summed E-state index contributed by atoms with van der Waals surface area (Å²) in [7, 11) is -5.86. The van der Waals surface area contributed by atoms with E-state index in [9.17, 15) is 34.8 Å². The van der Waals surface area contributed by atoms with Gasteiger partial charge in [0.1, 0.15) is 5.69 Å². The smallest absolute Gasteiger partial charge is 0.271 e. The Labute approximate surface area is 135 Å². The van der Waals surface area contributed by atoms with Gasteiger partial charge in [-0.05, 0) is 12.1 Å². The van der Waals surface area contributed by atoms with Crippen molar-refractivity contribution in [1.82, 2.24) is 14.8 Å². The Morgan fingerprint density at radius 1 is 1.12 bits per heavy atom.